The number of carbonyl (C=O) groups excluding carboxylic acids is 2. The van der Waals surface area contributed by atoms with Gasteiger partial charge in [0, 0.05) is 38.0 Å². The Labute approximate surface area is 168 Å². The van der Waals surface area contributed by atoms with Gasteiger partial charge in [0.1, 0.15) is 5.75 Å². The maximum absolute atomic E-state index is 12.9. The number of hydrogen-bond donors (Lipinski definition) is 2. The van der Waals surface area contributed by atoms with Gasteiger partial charge in [-0.3, -0.25) is 9.59 Å². The number of para-hydroxylation sites is 1. The lowest BCUT2D eigenvalue weighted by Crippen LogP contribution is -2.51. The number of ether oxygens (including phenoxy) is 1. The van der Waals surface area contributed by atoms with E-state index in [0.29, 0.717) is 32.5 Å². The van der Waals surface area contributed by atoms with Gasteiger partial charge >= 0.3 is 0 Å². The van der Waals surface area contributed by atoms with Gasteiger partial charge in [0.05, 0.1) is 6.61 Å². The van der Waals surface area contributed by atoms with Crippen molar-refractivity contribution in [2.45, 2.75) is 45.1 Å². The molecule has 0 radical (unpaired) electrons. The SMILES string of the molecule is CC(CCOc1ccccc1)C(=O)N1CCCCC1CNC(=O)CCN.Cl. The molecule has 1 aliphatic rings. The molecule has 152 valence electrons. The van der Waals surface area contributed by atoms with Crippen LogP contribution in [0.5, 0.6) is 5.75 Å². The van der Waals surface area contributed by atoms with Crippen LogP contribution in [-0.2, 0) is 9.59 Å². The summed E-state index contributed by atoms with van der Waals surface area (Å²) in [7, 11) is 0. The molecule has 6 nitrogen and oxygen atoms in total. The van der Waals surface area contributed by atoms with Gasteiger partial charge in [-0.25, -0.2) is 0 Å². The summed E-state index contributed by atoms with van der Waals surface area (Å²) in [5.41, 5.74) is 5.40. The molecule has 1 fully saturated rings. The predicted molar refractivity (Wildman–Crippen MR) is 109 cm³/mol. The van der Waals surface area contributed by atoms with Crippen molar-refractivity contribution in [3.63, 3.8) is 0 Å². The van der Waals surface area contributed by atoms with Crippen molar-refractivity contribution < 1.29 is 14.3 Å². The van der Waals surface area contributed by atoms with Crippen molar-refractivity contribution >= 4 is 24.2 Å². The van der Waals surface area contributed by atoms with E-state index in [1.807, 2.05) is 42.2 Å². The molecule has 1 aromatic rings. The Bertz CT molecular complexity index is 571. The molecule has 2 atom stereocenters. The first kappa shape index (κ1) is 23.2. The Kier molecular flexibility index (Phi) is 10.8. The number of amides is 2. The summed E-state index contributed by atoms with van der Waals surface area (Å²) < 4.78 is 5.71. The van der Waals surface area contributed by atoms with Crippen LogP contribution in [0.3, 0.4) is 0 Å². The van der Waals surface area contributed by atoms with E-state index in [-0.39, 0.29) is 36.2 Å². The van der Waals surface area contributed by atoms with Crippen LogP contribution in [0.2, 0.25) is 0 Å². The summed E-state index contributed by atoms with van der Waals surface area (Å²) in [6.07, 6.45) is 4.05. The monoisotopic (exact) mass is 397 g/mol. The fraction of sp³-hybridized carbons (Fsp3) is 0.600. The molecule has 0 spiro atoms. The molecule has 1 saturated heterocycles. The molecule has 1 aromatic carbocycles. The quantitative estimate of drug-likeness (QED) is 0.669. The Balaban J connectivity index is 0.00000364. The third kappa shape index (κ3) is 7.77. The number of carbonyl (C=O) groups is 2. The smallest absolute Gasteiger partial charge is 0.225 e. The average molecular weight is 398 g/mol. The van der Waals surface area contributed by atoms with E-state index >= 15 is 0 Å². The van der Waals surface area contributed by atoms with Gasteiger partial charge in [-0.1, -0.05) is 25.1 Å². The first-order valence-corrected chi connectivity index (χ1v) is 9.57. The molecule has 2 unspecified atom stereocenters. The van der Waals surface area contributed by atoms with E-state index in [1.54, 1.807) is 0 Å². The molecule has 2 rings (SSSR count). The van der Waals surface area contributed by atoms with Crippen LogP contribution in [0.25, 0.3) is 0 Å². The fourth-order valence-corrected chi connectivity index (χ4v) is 3.23. The lowest BCUT2D eigenvalue weighted by Gasteiger charge is -2.37. The van der Waals surface area contributed by atoms with Crippen LogP contribution in [0.1, 0.15) is 39.0 Å². The van der Waals surface area contributed by atoms with E-state index in [4.69, 9.17) is 10.5 Å². The minimum Gasteiger partial charge on any atom is -0.494 e. The summed E-state index contributed by atoms with van der Waals surface area (Å²) in [5.74, 6) is 0.832. The number of likely N-dealkylation sites (tertiary alicyclic amines) is 1. The molecule has 0 saturated carbocycles. The van der Waals surface area contributed by atoms with Crippen LogP contribution in [-0.4, -0.2) is 49.0 Å². The largest absolute Gasteiger partial charge is 0.494 e. The summed E-state index contributed by atoms with van der Waals surface area (Å²) in [6, 6.07) is 9.72. The van der Waals surface area contributed by atoms with E-state index in [1.165, 1.54) is 0 Å². The zero-order valence-electron chi connectivity index (χ0n) is 16.1. The molecule has 1 aliphatic heterocycles. The zero-order valence-corrected chi connectivity index (χ0v) is 16.9. The number of nitrogens with zero attached hydrogens (tertiary/aromatic N) is 1. The summed E-state index contributed by atoms with van der Waals surface area (Å²) in [6.45, 7) is 4.09. The van der Waals surface area contributed by atoms with Gasteiger partial charge in [0.2, 0.25) is 11.8 Å². The van der Waals surface area contributed by atoms with Crippen LogP contribution in [0, 0.1) is 5.92 Å². The van der Waals surface area contributed by atoms with Crippen molar-refractivity contribution in [3.8, 4) is 5.75 Å². The van der Waals surface area contributed by atoms with E-state index in [2.05, 4.69) is 5.32 Å². The third-order valence-corrected chi connectivity index (χ3v) is 4.80. The van der Waals surface area contributed by atoms with Crippen molar-refractivity contribution in [2.75, 3.05) is 26.2 Å². The number of nitrogens with one attached hydrogen (secondary N) is 1. The Morgan fingerprint density at radius 1 is 1.30 bits per heavy atom. The van der Waals surface area contributed by atoms with Crippen molar-refractivity contribution in [1.29, 1.82) is 0 Å². The molecule has 3 N–H and O–H groups in total. The standard InChI is InChI=1S/C20H31N3O3.ClH/c1-16(11-14-26-18-8-3-2-4-9-18)20(25)23-13-6-5-7-17(23)15-22-19(24)10-12-21;/h2-4,8-9,16-17H,5-7,10-15,21H2,1H3,(H,22,24);1H. The number of rotatable bonds is 9. The highest BCUT2D eigenvalue weighted by Gasteiger charge is 2.29. The Morgan fingerprint density at radius 3 is 2.74 bits per heavy atom. The second-order valence-electron chi connectivity index (χ2n) is 6.88. The molecule has 2 amide bonds. The van der Waals surface area contributed by atoms with Crippen LogP contribution >= 0.6 is 12.4 Å². The third-order valence-electron chi connectivity index (χ3n) is 4.80. The van der Waals surface area contributed by atoms with E-state index < -0.39 is 0 Å². The second kappa shape index (κ2) is 12.6. The topological polar surface area (TPSA) is 84.7 Å². The van der Waals surface area contributed by atoms with Gasteiger partial charge in [-0.2, -0.15) is 0 Å². The first-order valence-electron chi connectivity index (χ1n) is 9.57. The predicted octanol–water partition coefficient (Wildman–Crippen LogP) is 2.36. The van der Waals surface area contributed by atoms with E-state index in [0.717, 1.165) is 31.6 Å². The maximum Gasteiger partial charge on any atom is 0.225 e. The number of halogens is 1. The lowest BCUT2D eigenvalue weighted by atomic mass is 9.98. The first-order chi connectivity index (χ1) is 12.6. The summed E-state index contributed by atoms with van der Waals surface area (Å²) in [5, 5.41) is 2.90. The normalized spacial score (nSPS) is 17.6. The molecule has 7 heteroatoms. The zero-order chi connectivity index (χ0) is 18.8. The molecule has 27 heavy (non-hydrogen) atoms. The Morgan fingerprint density at radius 2 is 2.04 bits per heavy atom. The molecule has 0 aliphatic carbocycles. The number of nitrogens with two attached hydrogens (primary N) is 1. The average Bonchev–Trinajstić information content (AvgIpc) is 2.67. The number of benzene rings is 1. The highest BCUT2D eigenvalue weighted by atomic mass is 35.5. The highest BCUT2D eigenvalue weighted by Crippen LogP contribution is 2.20. The van der Waals surface area contributed by atoms with Crippen LogP contribution < -0.4 is 15.8 Å². The van der Waals surface area contributed by atoms with Gasteiger partial charge in [-0.05, 0) is 37.8 Å². The molecule has 0 bridgehead atoms. The lowest BCUT2D eigenvalue weighted by molar-refractivity contribution is -0.139. The number of hydrogen-bond acceptors (Lipinski definition) is 4. The molecular formula is C20H32ClN3O3. The van der Waals surface area contributed by atoms with Crippen molar-refractivity contribution in [1.82, 2.24) is 10.2 Å². The van der Waals surface area contributed by atoms with Crippen LogP contribution in [0.15, 0.2) is 30.3 Å². The van der Waals surface area contributed by atoms with Gasteiger partial charge in [0.25, 0.3) is 0 Å². The van der Waals surface area contributed by atoms with Crippen LogP contribution in [0.4, 0.5) is 0 Å². The molecule has 0 aromatic heterocycles. The molecule has 1 heterocycles. The second-order valence-corrected chi connectivity index (χ2v) is 6.88. The number of piperidine rings is 1. The minimum atomic E-state index is -0.0981. The molecular weight excluding hydrogens is 366 g/mol. The van der Waals surface area contributed by atoms with Gasteiger partial charge < -0.3 is 20.7 Å². The highest BCUT2D eigenvalue weighted by molar-refractivity contribution is 5.85. The van der Waals surface area contributed by atoms with Gasteiger partial charge in [-0.15, -0.1) is 12.4 Å². The van der Waals surface area contributed by atoms with Crippen molar-refractivity contribution in [3.05, 3.63) is 30.3 Å². The van der Waals surface area contributed by atoms with Gasteiger partial charge in [0.15, 0.2) is 0 Å². The fourth-order valence-electron chi connectivity index (χ4n) is 3.23. The summed E-state index contributed by atoms with van der Waals surface area (Å²) in [4.78, 5) is 26.5. The maximum atomic E-state index is 12.9. The van der Waals surface area contributed by atoms with E-state index in [9.17, 15) is 9.59 Å². The summed E-state index contributed by atoms with van der Waals surface area (Å²) >= 11 is 0. The van der Waals surface area contributed by atoms with Crippen molar-refractivity contribution in [2.24, 2.45) is 11.7 Å². The minimum absolute atomic E-state index is 0. The Hall–Kier alpha value is -1.79.